The van der Waals surface area contributed by atoms with Crippen LogP contribution in [0.4, 0.5) is 0 Å². The van der Waals surface area contributed by atoms with Crippen molar-refractivity contribution in [3.8, 4) is 0 Å². The monoisotopic (exact) mass is 187 g/mol. The molecule has 0 aliphatic heterocycles. The molecule has 78 valence electrons. The van der Waals surface area contributed by atoms with E-state index in [1.807, 2.05) is 0 Å². The first kappa shape index (κ1) is 11.0. The molecule has 13 heavy (non-hydrogen) atoms. The Kier molecular flexibility index (Phi) is 5.35. The fourth-order valence-corrected chi connectivity index (χ4v) is 1.85. The quantitative estimate of drug-likeness (QED) is 0.629. The number of rotatable bonds is 5. The summed E-state index contributed by atoms with van der Waals surface area (Å²) in [5, 5.41) is 13.0. The number of aliphatic hydroxyl groups excluding tert-OH is 1. The van der Waals surface area contributed by atoms with Crippen LogP contribution in [0.25, 0.3) is 0 Å². The third-order valence-corrected chi connectivity index (χ3v) is 2.66. The summed E-state index contributed by atoms with van der Waals surface area (Å²) in [5.74, 6) is 0. The van der Waals surface area contributed by atoms with Crippen LogP contribution in [-0.4, -0.2) is 37.5 Å². The van der Waals surface area contributed by atoms with E-state index in [1.54, 1.807) is 7.11 Å². The highest BCUT2D eigenvalue weighted by Crippen LogP contribution is 2.17. The lowest BCUT2D eigenvalue weighted by Gasteiger charge is -2.28. The van der Waals surface area contributed by atoms with Gasteiger partial charge < -0.3 is 15.2 Å². The van der Waals surface area contributed by atoms with Crippen molar-refractivity contribution < 1.29 is 9.84 Å². The lowest BCUT2D eigenvalue weighted by molar-refractivity contribution is 0.0893. The molecule has 0 aromatic rings. The first-order valence-corrected chi connectivity index (χ1v) is 5.25. The SMILES string of the molecule is COCCCNC1CCCCC1O. The molecule has 1 aliphatic carbocycles. The molecular weight excluding hydrogens is 166 g/mol. The maximum atomic E-state index is 9.63. The molecule has 3 heteroatoms. The Morgan fingerprint density at radius 1 is 1.38 bits per heavy atom. The molecule has 0 radical (unpaired) electrons. The zero-order valence-electron chi connectivity index (χ0n) is 8.46. The van der Waals surface area contributed by atoms with Crippen molar-refractivity contribution >= 4 is 0 Å². The lowest BCUT2D eigenvalue weighted by atomic mass is 9.92. The zero-order chi connectivity index (χ0) is 9.52. The molecule has 1 saturated carbocycles. The second-order valence-electron chi connectivity index (χ2n) is 3.76. The normalized spacial score (nSPS) is 29.1. The average Bonchev–Trinajstić information content (AvgIpc) is 2.15. The molecule has 2 atom stereocenters. The van der Waals surface area contributed by atoms with Gasteiger partial charge in [0.1, 0.15) is 0 Å². The summed E-state index contributed by atoms with van der Waals surface area (Å²) < 4.78 is 4.96. The largest absolute Gasteiger partial charge is 0.392 e. The van der Waals surface area contributed by atoms with E-state index in [-0.39, 0.29) is 6.10 Å². The van der Waals surface area contributed by atoms with Crippen molar-refractivity contribution in [1.82, 2.24) is 5.32 Å². The van der Waals surface area contributed by atoms with Gasteiger partial charge in [0.25, 0.3) is 0 Å². The molecule has 0 amide bonds. The summed E-state index contributed by atoms with van der Waals surface area (Å²) in [6, 6.07) is 0.325. The third-order valence-electron chi connectivity index (χ3n) is 2.66. The molecule has 0 bridgehead atoms. The van der Waals surface area contributed by atoms with Crippen molar-refractivity contribution in [2.45, 2.75) is 44.2 Å². The Morgan fingerprint density at radius 2 is 2.15 bits per heavy atom. The molecule has 0 aromatic heterocycles. The number of aliphatic hydroxyl groups is 1. The first-order valence-electron chi connectivity index (χ1n) is 5.25. The molecule has 1 rings (SSSR count). The topological polar surface area (TPSA) is 41.5 Å². The molecular formula is C10H21NO2. The fraction of sp³-hybridized carbons (Fsp3) is 1.00. The molecule has 0 heterocycles. The van der Waals surface area contributed by atoms with Crippen molar-refractivity contribution in [1.29, 1.82) is 0 Å². The smallest absolute Gasteiger partial charge is 0.0693 e. The molecule has 1 aliphatic rings. The van der Waals surface area contributed by atoms with Gasteiger partial charge in [0.05, 0.1) is 6.10 Å². The predicted molar refractivity (Wildman–Crippen MR) is 52.8 cm³/mol. The van der Waals surface area contributed by atoms with Gasteiger partial charge in [0, 0.05) is 19.8 Å². The van der Waals surface area contributed by atoms with Crippen LogP contribution in [0.1, 0.15) is 32.1 Å². The summed E-state index contributed by atoms with van der Waals surface area (Å²) in [5.41, 5.74) is 0. The Morgan fingerprint density at radius 3 is 2.85 bits per heavy atom. The average molecular weight is 187 g/mol. The Labute approximate surface area is 80.5 Å². The van der Waals surface area contributed by atoms with Crippen LogP contribution in [0.15, 0.2) is 0 Å². The van der Waals surface area contributed by atoms with Crippen molar-refractivity contribution in [2.24, 2.45) is 0 Å². The minimum Gasteiger partial charge on any atom is -0.392 e. The van der Waals surface area contributed by atoms with Crippen LogP contribution in [0, 0.1) is 0 Å². The maximum absolute atomic E-state index is 9.63. The van der Waals surface area contributed by atoms with Gasteiger partial charge in [-0.1, -0.05) is 12.8 Å². The first-order chi connectivity index (χ1) is 6.34. The Hall–Kier alpha value is -0.120. The van der Waals surface area contributed by atoms with E-state index < -0.39 is 0 Å². The number of hydrogen-bond acceptors (Lipinski definition) is 3. The van der Waals surface area contributed by atoms with E-state index in [0.29, 0.717) is 6.04 Å². The highest BCUT2D eigenvalue weighted by Gasteiger charge is 2.21. The molecule has 3 nitrogen and oxygen atoms in total. The minimum atomic E-state index is -0.128. The second kappa shape index (κ2) is 6.35. The van der Waals surface area contributed by atoms with Gasteiger partial charge in [-0.3, -0.25) is 0 Å². The summed E-state index contributed by atoms with van der Waals surface area (Å²) in [6.45, 7) is 1.76. The van der Waals surface area contributed by atoms with E-state index in [4.69, 9.17) is 4.74 Å². The summed E-state index contributed by atoms with van der Waals surface area (Å²) in [7, 11) is 1.72. The van der Waals surface area contributed by atoms with Crippen LogP contribution < -0.4 is 5.32 Å². The Balaban J connectivity index is 2.05. The predicted octanol–water partition coefficient (Wildman–Crippen LogP) is 0.916. The number of ether oxygens (including phenoxy) is 1. The van der Waals surface area contributed by atoms with Gasteiger partial charge in [-0.25, -0.2) is 0 Å². The van der Waals surface area contributed by atoms with Gasteiger partial charge in [0.15, 0.2) is 0 Å². The lowest BCUT2D eigenvalue weighted by Crippen LogP contribution is -2.42. The van der Waals surface area contributed by atoms with Gasteiger partial charge in [-0.2, -0.15) is 0 Å². The van der Waals surface area contributed by atoms with Gasteiger partial charge in [-0.15, -0.1) is 0 Å². The van der Waals surface area contributed by atoms with Gasteiger partial charge in [-0.05, 0) is 25.8 Å². The van der Waals surface area contributed by atoms with E-state index in [1.165, 1.54) is 12.8 Å². The minimum absolute atomic E-state index is 0.128. The molecule has 0 spiro atoms. The highest BCUT2D eigenvalue weighted by atomic mass is 16.5. The van der Waals surface area contributed by atoms with E-state index >= 15 is 0 Å². The summed E-state index contributed by atoms with van der Waals surface area (Å²) in [4.78, 5) is 0. The van der Waals surface area contributed by atoms with E-state index in [0.717, 1.165) is 32.4 Å². The van der Waals surface area contributed by atoms with Crippen LogP contribution in [-0.2, 0) is 4.74 Å². The zero-order valence-corrected chi connectivity index (χ0v) is 8.46. The number of hydrogen-bond donors (Lipinski definition) is 2. The molecule has 0 aromatic carbocycles. The van der Waals surface area contributed by atoms with Crippen LogP contribution in [0.5, 0.6) is 0 Å². The van der Waals surface area contributed by atoms with E-state index in [9.17, 15) is 5.11 Å². The van der Waals surface area contributed by atoms with Crippen molar-refractivity contribution in [3.63, 3.8) is 0 Å². The highest BCUT2D eigenvalue weighted by molar-refractivity contribution is 4.79. The van der Waals surface area contributed by atoms with Crippen molar-refractivity contribution in [2.75, 3.05) is 20.3 Å². The van der Waals surface area contributed by atoms with E-state index in [2.05, 4.69) is 5.32 Å². The van der Waals surface area contributed by atoms with Gasteiger partial charge >= 0.3 is 0 Å². The number of methoxy groups -OCH3 is 1. The standard InChI is InChI=1S/C10H21NO2/c1-13-8-4-7-11-9-5-2-3-6-10(9)12/h9-12H,2-8H2,1H3. The van der Waals surface area contributed by atoms with Crippen LogP contribution >= 0.6 is 0 Å². The number of nitrogens with one attached hydrogen (secondary N) is 1. The molecule has 2 unspecified atom stereocenters. The van der Waals surface area contributed by atoms with Crippen LogP contribution in [0.3, 0.4) is 0 Å². The molecule has 2 N–H and O–H groups in total. The summed E-state index contributed by atoms with van der Waals surface area (Å²) in [6.07, 6.45) is 5.41. The maximum Gasteiger partial charge on any atom is 0.0693 e. The summed E-state index contributed by atoms with van der Waals surface area (Å²) >= 11 is 0. The third kappa shape index (κ3) is 4.07. The second-order valence-corrected chi connectivity index (χ2v) is 3.76. The van der Waals surface area contributed by atoms with Gasteiger partial charge in [0.2, 0.25) is 0 Å². The van der Waals surface area contributed by atoms with Crippen LogP contribution in [0.2, 0.25) is 0 Å². The van der Waals surface area contributed by atoms with Crippen molar-refractivity contribution in [3.05, 3.63) is 0 Å². The molecule has 0 saturated heterocycles. The fourth-order valence-electron chi connectivity index (χ4n) is 1.85. The Bertz CT molecular complexity index is 130. The molecule has 1 fully saturated rings.